The van der Waals surface area contributed by atoms with Gasteiger partial charge in [-0.25, -0.2) is 4.79 Å². The lowest BCUT2D eigenvalue weighted by molar-refractivity contribution is -0.136. The predicted molar refractivity (Wildman–Crippen MR) is 63.2 cm³/mol. The SMILES string of the molecule is CCC(=CCOCC1CCCC1)C(=O)OC. The zero-order valence-electron chi connectivity index (χ0n) is 10.3. The minimum Gasteiger partial charge on any atom is -0.466 e. The van der Waals surface area contributed by atoms with Crippen molar-refractivity contribution in [1.82, 2.24) is 0 Å². The first-order valence-corrected chi connectivity index (χ1v) is 6.13. The molecule has 0 spiro atoms. The Morgan fingerprint density at radius 2 is 2.06 bits per heavy atom. The van der Waals surface area contributed by atoms with Gasteiger partial charge in [0.1, 0.15) is 0 Å². The van der Waals surface area contributed by atoms with E-state index in [-0.39, 0.29) is 5.97 Å². The molecule has 0 unspecified atom stereocenters. The fourth-order valence-electron chi connectivity index (χ4n) is 2.07. The van der Waals surface area contributed by atoms with E-state index in [1.165, 1.54) is 32.8 Å². The van der Waals surface area contributed by atoms with Gasteiger partial charge in [0.2, 0.25) is 0 Å². The van der Waals surface area contributed by atoms with Gasteiger partial charge in [-0.1, -0.05) is 19.8 Å². The van der Waals surface area contributed by atoms with Gasteiger partial charge in [0.05, 0.1) is 13.7 Å². The van der Waals surface area contributed by atoms with E-state index in [1.807, 2.05) is 13.0 Å². The molecule has 1 fully saturated rings. The molecule has 0 aromatic heterocycles. The minimum absolute atomic E-state index is 0.244. The molecule has 0 N–H and O–H groups in total. The third-order valence-corrected chi connectivity index (χ3v) is 3.10. The zero-order valence-corrected chi connectivity index (χ0v) is 10.3. The first kappa shape index (κ1) is 13.2. The standard InChI is InChI=1S/C13H22O3/c1-3-12(13(14)15-2)8-9-16-10-11-6-4-5-7-11/h8,11H,3-7,9-10H2,1-2H3. The fraction of sp³-hybridized carbons (Fsp3) is 0.769. The number of carbonyl (C=O) groups excluding carboxylic acids is 1. The molecule has 0 bridgehead atoms. The lowest BCUT2D eigenvalue weighted by Crippen LogP contribution is -2.08. The molecule has 1 rings (SSSR count). The second kappa shape index (κ2) is 7.44. The van der Waals surface area contributed by atoms with Crippen molar-refractivity contribution in [3.63, 3.8) is 0 Å². The highest BCUT2D eigenvalue weighted by Gasteiger charge is 2.14. The highest BCUT2D eigenvalue weighted by molar-refractivity contribution is 5.88. The van der Waals surface area contributed by atoms with Crippen LogP contribution in [0.5, 0.6) is 0 Å². The third kappa shape index (κ3) is 4.35. The van der Waals surface area contributed by atoms with Gasteiger partial charge in [0, 0.05) is 12.2 Å². The molecule has 1 saturated carbocycles. The zero-order chi connectivity index (χ0) is 11.8. The Morgan fingerprint density at radius 3 is 2.62 bits per heavy atom. The van der Waals surface area contributed by atoms with Crippen LogP contribution in [0.4, 0.5) is 0 Å². The average Bonchev–Trinajstić information content (AvgIpc) is 2.81. The summed E-state index contributed by atoms with van der Waals surface area (Å²) >= 11 is 0. The van der Waals surface area contributed by atoms with Crippen molar-refractivity contribution in [1.29, 1.82) is 0 Å². The molecule has 1 aliphatic carbocycles. The number of methoxy groups -OCH3 is 1. The Balaban J connectivity index is 2.20. The average molecular weight is 226 g/mol. The fourth-order valence-corrected chi connectivity index (χ4v) is 2.07. The van der Waals surface area contributed by atoms with Gasteiger partial charge in [0.25, 0.3) is 0 Å². The van der Waals surface area contributed by atoms with Crippen molar-refractivity contribution in [2.75, 3.05) is 20.3 Å². The molecule has 0 radical (unpaired) electrons. The monoisotopic (exact) mass is 226 g/mol. The van der Waals surface area contributed by atoms with E-state index in [9.17, 15) is 4.79 Å². The summed E-state index contributed by atoms with van der Waals surface area (Å²) in [5, 5.41) is 0. The van der Waals surface area contributed by atoms with Crippen LogP contribution in [0.2, 0.25) is 0 Å². The van der Waals surface area contributed by atoms with E-state index >= 15 is 0 Å². The van der Waals surface area contributed by atoms with Crippen molar-refractivity contribution in [3.8, 4) is 0 Å². The van der Waals surface area contributed by atoms with Crippen LogP contribution in [0.25, 0.3) is 0 Å². The lowest BCUT2D eigenvalue weighted by atomic mass is 10.1. The maximum Gasteiger partial charge on any atom is 0.333 e. The lowest BCUT2D eigenvalue weighted by Gasteiger charge is -2.08. The Labute approximate surface area is 97.8 Å². The summed E-state index contributed by atoms with van der Waals surface area (Å²) in [5.41, 5.74) is 0.703. The van der Waals surface area contributed by atoms with E-state index in [4.69, 9.17) is 4.74 Å². The topological polar surface area (TPSA) is 35.5 Å². The van der Waals surface area contributed by atoms with Crippen molar-refractivity contribution in [2.45, 2.75) is 39.0 Å². The van der Waals surface area contributed by atoms with Crippen molar-refractivity contribution in [2.24, 2.45) is 5.92 Å². The molecule has 92 valence electrons. The van der Waals surface area contributed by atoms with Crippen molar-refractivity contribution >= 4 is 5.97 Å². The summed E-state index contributed by atoms with van der Waals surface area (Å²) in [6.07, 6.45) is 7.79. The van der Waals surface area contributed by atoms with E-state index < -0.39 is 0 Å². The van der Waals surface area contributed by atoms with Gasteiger partial charge < -0.3 is 9.47 Å². The van der Waals surface area contributed by atoms with Gasteiger partial charge in [-0.05, 0) is 31.3 Å². The van der Waals surface area contributed by atoms with Gasteiger partial charge in [0.15, 0.2) is 0 Å². The van der Waals surface area contributed by atoms with Gasteiger partial charge in [-0.15, -0.1) is 0 Å². The second-order valence-corrected chi connectivity index (χ2v) is 4.26. The van der Waals surface area contributed by atoms with Crippen LogP contribution >= 0.6 is 0 Å². The summed E-state index contributed by atoms with van der Waals surface area (Å²) in [4.78, 5) is 11.2. The van der Waals surface area contributed by atoms with Gasteiger partial charge >= 0.3 is 5.97 Å². The van der Waals surface area contributed by atoms with Crippen LogP contribution < -0.4 is 0 Å². The molecular formula is C13H22O3. The highest BCUT2D eigenvalue weighted by atomic mass is 16.5. The van der Waals surface area contributed by atoms with Crippen LogP contribution in [0.3, 0.4) is 0 Å². The molecule has 0 saturated heterocycles. The van der Waals surface area contributed by atoms with Gasteiger partial charge in [-0.3, -0.25) is 0 Å². The molecule has 0 aliphatic heterocycles. The predicted octanol–water partition coefficient (Wildman–Crippen LogP) is 2.70. The Morgan fingerprint density at radius 1 is 1.38 bits per heavy atom. The minimum atomic E-state index is -0.244. The molecule has 1 aliphatic rings. The van der Waals surface area contributed by atoms with E-state index in [2.05, 4.69) is 4.74 Å². The molecular weight excluding hydrogens is 204 g/mol. The van der Waals surface area contributed by atoms with E-state index in [1.54, 1.807) is 0 Å². The van der Waals surface area contributed by atoms with Crippen LogP contribution in [0.15, 0.2) is 11.6 Å². The molecule has 0 amide bonds. The third-order valence-electron chi connectivity index (χ3n) is 3.10. The Bertz CT molecular complexity index is 240. The number of rotatable bonds is 6. The molecule has 16 heavy (non-hydrogen) atoms. The first-order chi connectivity index (χ1) is 7.77. The van der Waals surface area contributed by atoms with E-state index in [0.29, 0.717) is 18.6 Å². The van der Waals surface area contributed by atoms with Crippen LogP contribution in [-0.4, -0.2) is 26.3 Å². The molecule has 3 heteroatoms. The molecule has 0 aromatic carbocycles. The summed E-state index contributed by atoms with van der Waals surface area (Å²) in [7, 11) is 1.41. The van der Waals surface area contributed by atoms with Crippen LogP contribution in [0.1, 0.15) is 39.0 Å². The van der Waals surface area contributed by atoms with Crippen molar-refractivity contribution < 1.29 is 14.3 Å². The first-order valence-electron chi connectivity index (χ1n) is 6.13. The number of esters is 1. The normalized spacial score (nSPS) is 17.8. The quantitative estimate of drug-likeness (QED) is 0.397. The molecule has 0 atom stereocenters. The largest absolute Gasteiger partial charge is 0.466 e. The smallest absolute Gasteiger partial charge is 0.333 e. The molecule has 3 nitrogen and oxygen atoms in total. The van der Waals surface area contributed by atoms with Crippen molar-refractivity contribution in [3.05, 3.63) is 11.6 Å². The second-order valence-electron chi connectivity index (χ2n) is 4.26. The number of hydrogen-bond acceptors (Lipinski definition) is 3. The Kier molecular flexibility index (Phi) is 6.16. The van der Waals surface area contributed by atoms with Crippen LogP contribution in [0, 0.1) is 5.92 Å². The number of hydrogen-bond donors (Lipinski definition) is 0. The number of carbonyl (C=O) groups is 1. The molecule has 0 aromatic rings. The van der Waals surface area contributed by atoms with Crippen LogP contribution in [-0.2, 0) is 14.3 Å². The summed E-state index contributed by atoms with van der Waals surface area (Å²) in [5.74, 6) is 0.489. The Hall–Kier alpha value is -0.830. The van der Waals surface area contributed by atoms with E-state index in [0.717, 1.165) is 12.5 Å². The van der Waals surface area contributed by atoms with Gasteiger partial charge in [-0.2, -0.15) is 0 Å². The molecule has 0 heterocycles. The summed E-state index contributed by atoms with van der Waals surface area (Å²) in [6, 6.07) is 0. The highest BCUT2D eigenvalue weighted by Crippen LogP contribution is 2.24. The summed E-state index contributed by atoms with van der Waals surface area (Å²) < 4.78 is 10.2. The number of ether oxygens (including phenoxy) is 2. The summed E-state index contributed by atoms with van der Waals surface area (Å²) in [6.45, 7) is 3.29. The maximum absolute atomic E-state index is 11.2. The maximum atomic E-state index is 11.2.